The van der Waals surface area contributed by atoms with Gasteiger partial charge in [-0.15, -0.1) is 11.3 Å². The number of carboxylic acids is 1. The standard InChI is InChI=1S/C23H29N9O13S2/c1-9(27-22(40)26-5-10-4-13(33)14(34)7-31(10)41)17(35)25-6-12-16(19(37)32(12)47(42,43)44)29-18(36)15(11-8-46-21(24)28-11)30-45-23(2,3)20(38)39/h4,7-9,12,16,34,41H,5-6H2,1-3H3,(H2,24,28)(H,25,35)(H,29,36)(H,38,39)(H2,26,27,40)(H,42,43,44)/t9-,12-,16+/m1/s1. The topological polar surface area (TPSA) is 334 Å². The lowest BCUT2D eigenvalue weighted by Gasteiger charge is -2.44. The number of rotatable bonds is 13. The molecule has 5 amide bonds. The van der Waals surface area contributed by atoms with Crippen LogP contribution in [0.3, 0.4) is 0 Å². The van der Waals surface area contributed by atoms with E-state index in [1.165, 1.54) is 12.3 Å². The second-order valence-electron chi connectivity index (χ2n) is 10.2. The fraction of sp³-hybridized carbons (Fsp3) is 0.391. The number of carbonyl (C=O) groups is 5. The average molecular weight is 704 g/mol. The third kappa shape index (κ3) is 8.61. The van der Waals surface area contributed by atoms with Gasteiger partial charge in [-0.25, -0.2) is 18.9 Å². The first-order valence-corrected chi connectivity index (χ1v) is 15.3. The first-order chi connectivity index (χ1) is 21.7. The van der Waals surface area contributed by atoms with E-state index in [0.717, 1.165) is 31.3 Å². The molecule has 1 aliphatic heterocycles. The first kappa shape index (κ1) is 36.0. The minimum absolute atomic E-state index is 0.00319. The van der Waals surface area contributed by atoms with E-state index in [1.54, 1.807) is 0 Å². The highest BCUT2D eigenvalue weighted by molar-refractivity contribution is 7.84. The molecule has 1 aliphatic rings. The summed E-state index contributed by atoms with van der Waals surface area (Å²) in [6.07, 6.45) is 0.709. The number of aliphatic carboxylic acids is 1. The molecule has 10 N–H and O–H groups in total. The van der Waals surface area contributed by atoms with Gasteiger partial charge < -0.3 is 47.3 Å². The Morgan fingerprint density at radius 2 is 1.89 bits per heavy atom. The molecular formula is C23H29N9O13S2. The molecule has 0 spiro atoms. The van der Waals surface area contributed by atoms with Crippen molar-refractivity contribution in [2.45, 2.75) is 51.0 Å². The van der Waals surface area contributed by atoms with E-state index < -0.39 is 93.7 Å². The lowest BCUT2D eigenvalue weighted by Crippen LogP contribution is -2.74. The Kier molecular flexibility index (Phi) is 10.6. The van der Waals surface area contributed by atoms with Gasteiger partial charge in [0.1, 0.15) is 17.8 Å². The van der Waals surface area contributed by atoms with Gasteiger partial charge in [0.25, 0.3) is 11.8 Å². The Bertz CT molecular complexity index is 1790. The monoisotopic (exact) mass is 703 g/mol. The summed E-state index contributed by atoms with van der Waals surface area (Å²) in [6, 6.07) is -4.64. The van der Waals surface area contributed by atoms with Gasteiger partial charge in [-0.05, 0) is 20.8 Å². The second-order valence-corrected chi connectivity index (χ2v) is 12.4. The Hall–Kier alpha value is -5.49. The van der Waals surface area contributed by atoms with Crippen LogP contribution >= 0.6 is 11.3 Å². The largest absolute Gasteiger partial charge is 0.503 e. The van der Waals surface area contributed by atoms with Crippen LogP contribution < -0.4 is 32.4 Å². The van der Waals surface area contributed by atoms with Crippen LogP contribution in [0, 0.1) is 0 Å². The normalized spacial score (nSPS) is 17.2. The number of nitrogen functional groups attached to an aromatic ring is 1. The van der Waals surface area contributed by atoms with Gasteiger partial charge >= 0.3 is 22.3 Å². The summed E-state index contributed by atoms with van der Waals surface area (Å²) in [5.41, 5.74) is 1.94. The highest BCUT2D eigenvalue weighted by Gasteiger charge is 2.54. The second kappa shape index (κ2) is 13.9. The van der Waals surface area contributed by atoms with Crippen LogP contribution in [0.15, 0.2) is 27.6 Å². The van der Waals surface area contributed by atoms with Crippen molar-refractivity contribution in [1.29, 1.82) is 0 Å². The maximum Gasteiger partial charge on any atom is 0.362 e. The fourth-order valence-corrected chi connectivity index (χ4v) is 5.13. The number of nitrogens with two attached hydrogens (primary N) is 1. The van der Waals surface area contributed by atoms with Crippen molar-refractivity contribution in [3.05, 3.63) is 39.3 Å². The molecule has 2 aromatic heterocycles. The van der Waals surface area contributed by atoms with Crippen LogP contribution in [0.25, 0.3) is 0 Å². The number of β-lactam (4-membered cyclic amide) rings is 1. The van der Waals surface area contributed by atoms with Crippen molar-refractivity contribution >= 4 is 62.2 Å². The molecule has 3 atom stereocenters. The van der Waals surface area contributed by atoms with E-state index >= 15 is 0 Å². The number of anilines is 1. The number of hydrogen-bond acceptors (Lipinski definition) is 15. The van der Waals surface area contributed by atoms with E-state index in [-0.39, 0.29) is 20.8 Å². The summed E-state index contributed by atoms with van der Waals surface area (Å²) in [7, 11) is -5.18. The molecule has 256 valence electrons. The summed E-state index contributed by atoms with van der Waals surface area (Å²) in [5, 5.41) is 42.1. The average Bonchev–Trinajstić information content (AvgIpc) is 3.39. The third-order valence-corrected chi connectivity index (χ3v) is 7.93. The smallest absolute Gasteiger partial charge is 0.362 e. The lowest BCUT2D eigenvalue weighted by atomic mass is 9.98. The van der Waals surface area contributed by atoms with Gasteiger partial charge in [-0.3, -0.25) is 23.7 Å². The minimum atomic E-state index is -5.18. The quantitative estimate of drug-likeness (QED) is 0.0328. The SMILES string of the molecule is C[C@@H](NC(=O)NCc1cc(=O)c(O)cn1O)C(=O)NC[C@@H]1[C@H](NC(=O)C(=NOC(C)(C)C(=O)O)c2csc(N)n2)C(=O)N1S(=O)(=O)O. The van der Waals surface area contributed by atoms with Gasteiger partial charge in [-0.2, -0.15) is 13.1 Å². The molecule has 2 aromatic rings. The number of aromatic hydroxyl groups is 1. The summed E-state index contributed by atoms with van der Waals surface area (Å²) in [6.45, 7) is 2.41. The van der Waals surface area contributed by atoms with Crippen molar-refractivity contribution in [2.75, 3.05) is 12.3 Å². The Morgan fingerprint density at radius 3 is 2.47 bits per heavy atom. The predicted molar refractivity (Wildman–Crippen MR) is 157 cm³/mol. The van der Waals surface area contributed by atoms with Crippen molar-refractivity contribution in [1.82, 2.24) is 35.3 Å². The lowest BCUT2D eigenvalue weighted by molar-refractivity contribution is -0.161. The van der Waals surface area contributed by atoms with Gasteiger partial charge in [0.15, 0.2) is 16.6 Å². The maximum atomic E-state index is 13.2. The first-order valence-electron chi connectivity index (χ1n) is 13.0. The van der Waals surface area contributed by atoms with Crippen LogP contribution in [-0.2, 0) is 40.9 Å². The maximum absolute atomic E-state index is 13.2. The van der Waals surface area contributed by atoms with Crippen LogP contribution in [0.5, 0.6) is 5.75 Å². The van der Waals surface area contributed by atoms with Crippen molar-refractivity contribution < 1.29 is 57.2 Å². The van der Waals surface area contributed by atoms with Gasteiger partial charge in [0.2, 0.25) is 16.9 Å². The molecular weight excluding hydrogens is 674 g/mol. The Labute approximate surface area is 268 Å². The van der Waals surface area contributed by atoms with E-state index in [4.69, 9.17) is 10.6 Å². The van der Waals surface area contributed by atoms with E-state index in [2.05, 4.69) is 31.4 Å². The zero-order valence-corrected chi connectivity index (χ0v) is 26.2. The Morgan fingerprint density at radius 1 is 1.23 bits per heavy atom. The summed E-state index contributed by atoms with van der Waals surface area (Å²) >= 11 is 0.886. The van der Waals surface area contributed by atoms with Crippen LogP contribution in [-0.4, -0.2) is 108 Å². The number of carbonyl (C=O) groups excluding carboxylic acids is 4. The number of oxime groups is 1. The number of nitrogens with one attached hydrogen (secondary N) is 4. The van der Waals surface area contributed by atoms with Crippen LogP contribution in [0.2, 0.25) is 0 Å². The van der Waals surface area contributed by atoms with Gasteiger partial charge in [0, 0.05) is 18.0 Å². The summed E-state index contributed by atoms with van der Waals surface area (Å²) in [5.74, 6) is -5.57. The molecule has 0 bridgehead atoms. The van der Waals surface area contributed by atoms with Crippen molar-refractivity contribution in [3.8, 4) is 5.75 Å². The number of aromatic nitrogens is 2. The molecule has 0 unspecified atom stereocenters. The number of thiazole rings is 1. The number of hydrogen-bond donors (Lipinski definition) is 9. The molecule has 0 aliphatic carbocycles. The molecule has 0 radical (unpaired) electrons. The molecule has 0 aromatic carbocycles. The van der Waals surface area contributed by atoms with Crippen molar-refractivity contribution in [2.24, 2.45) is 5.16 Å². The van der Waals surface area contributed by atoms with Crippen molar-refractivity contribution in [3.63, 3.8) is 0 Å². The molecule has 0 saturated carbocycles. The van der Waals surface area contributed by atoms with Crippen LogP contribution in [0.1, 0.15) is 32.2 Å². The molecule has 1 fully saturated rings. The molecule has 1 saturated heterocycles. The number of pyridine rings is 1. The third-order valence-electron chi connectivity index (χ3n) is 6.31. The molecule has 3 rings (SSSR count). The zero-order valence-electron chi connectivity index (χ0n) is 24.5. The molecule has 22 nitrogen and oxygen atoms in total. The van der Waals surface area contributed by atoms with E-state index in [1.807, 2.05) is 0 Å². The molecule has 3 heterocycles. The van der Waals surface area contributed by atoms with E-state index in [0.29, 0.717) is 10.9 Å². The minimum Gasteiger partial charge on any atom is -0.503 e. The summed E-state index contributed by atoms with van der Waals surface area (Å²) < 4.78 is 33.7. The number of urea groups is 1. The zero-order chi connectivity index (χ0) is 35.4. The van der Waals surface area contributed by atoms with Gasteiger partial charge in [0.05, 0.1) is 24.5 Å². The highest BCUT2D eigenvalue weighted by atomic mass is 32.2. The van der Waals surface area contributed by atoms with Gasteiger partial charge in [-0.1, -0.05) is 5.16 Å². The fourth-order valence-electron chi connectivity index (χ4n) is 3.70. The molecule has 47 heavy (non-hydrogen) atoms. The van der Waals surface area contributed by atoms with E-state index in [9.17, 15) is 57.2 Å². The molecule has 24 heteroatoms. The van der Waals surface area contributed by atoms with Crippen LogP contribution in [0.4, 0.5) is 9.93 Å². The summed E-state index contributed by atoms with van der Waals surface area (Å²) in [4.78, 5) is 82.5. The predicted octanol–water partition coefficient (Wildman–Crippen LogP) is -3.08. The Balaban J connectivity index is 1.69. The number of carboxylic acid groups (broad SMARTS) is 1. The number of amides is 5. The highest BCUT2D eigenvalue weighted by Crippen LogP contribution is 2.24. The number of nitrogens with zero attached hydrogens (tertiary/aromatic N) is 4.